The van der Waals surface area contributed by atoms with E-state index in [1.807, 2.05) is 26.0 Å². The van der Waals surface area contributed by atoms with E-state index in [2.05, 4.69) is 20.8 Å². The van der Waals surface area contributed by atoms with Gasteiger partial charge in [-0.3, -0.25) is 0 Å². The first-order valence-corrected chi connectivity index (χ1v) is 6.84. The van der Waals surface area contributed by atoms with Gasteiger partial charge in [0, 0.05) is 6.08 Å². The molecule has 0 radical (unpaired) electrons. The van der Waals surface area contributed by atoms with Crippen LogP contribution in [0.5, 0.6) is 5.75 Å². The number of carboxylic acid groups (broad SMARTS) is 1. The summed E-state index contributed by atoms with van der Waals surface area (Å²) in [5.41, 5.74) is 3.20. The molecule has 0 fully saturated rings. The van der Waals surface area contributed by atoms with Crippen molar-refractivity contribution < 1.29 is 14.6 Å². The van der Waals surface area contributed by atoms with Gasteiger partial charge in [-0.2, -0.15) is 0 Å². The van der Waals surface area contributed by atoms with Crippen LogP contribution in [0.2, 0.25) is 0 Å². The van der Waals surface area contributed by atoms with Crippen LogP contribution >= 0.6 is 0 Å². The number of carboxylic acids is 1. The van der Waals surface area contributed by atoms with Crippen LogP contribution in [0.15, 0.2) is 18.2 Å². The van der Waals surface area contributed by atoms with Crippen molar-refractivity contribution in [2.45, 2.75) is 41.0 Å². The average Bonchev–Trinajstić information content (AvgIpc) is 2.28. The zero-order valence-electron chi connectivity index (χ0n) is 13.0. The van der Waals surface area contributed by atoms with Gasteiger partial charge in [-0.05, 0) is 60.6 Å². The van der Waals surface area contributed by atoms with E-state index in [9.17, 15) is 4.79 Å². The van der Waals surface area contributed by atoms with E-state index in [1.165, 1.54) is 0 Å². The third-order valence-corrected chi connectivity index (χ3v) is 3.00. The van der Waals surface area contributed by atoms with E-state index in [4.69, 9.17) is 9.84 Å². The third-order valence-electron chi connectivity index (χ3n) is 3.00. The van der Waals surface area contributed by atoms with E-state index in [1.54, 1.807) is 6.08 Å². The number of aryl methyl sites for hydroxylation is 2. The normalized spacial score (nSPS) is 11.8. The molecular weight excluding hydrogens is 252 g/mol. The van der Waals surface area contributed by atoms with Crippen LogP contribution in [0, 0.1) is 19.3 Å². The molecule has 1 aromatic carbocycles. The monoisotopic (exact) mass is 276 g/mol. The molecule has 0 unspecified atom stereocenters. The summed E-state index contributed by atoms with van der Waals surface area (Å²) in [5, 5.41) is 8.65. The molecule has 3 nitrogen and oxygen atoms in total. The van der Waals surface area contributed by atoms with Gasteiger partial charge in [0.2, 0.25) is 0 Å². The largest absolute Gasteiger partial charge is 0.493 e. The van der Waals surface area contributed by atoms with E-state index >= 15 is 0 Å². The van der Waals surface area contributed by atoms with Crippen molar-refractivity contribution in [1.29, 1.82) is 0 Å². The van der Waals surface area contributed by atoms with E-state index in [-0.39, 0.29) is 5.41 Å². The lowest BCUT2D eigenvalue weighted by atomic mass is 9.93. The van der Waals surface area contributed by atoms with Crippen LogP contribution in [-0.4, -0.2) is 17.7 Å². The van der Waals surface area contributed by atoms with Crippen molar-refractivity contribution >= 4 is 12.0 Å². The Morgan fingerprint density at radius 3 is 2.25 bits per heavy atom. The second-order valence-corrected chi connectivity index (χ2v) is 6.31. The second kappa shape index (κ2) is 6.60. The lowest BCUT2D eigenvalue weighted by Gasteiger charge is -2.19. The summed E-state index contributed by atoms with van der Waals surface area (Å²) >= 11 is 0. The Labute approximate surface area is 121 Å². The molecule has 0 aliphatic carbocycles. The van der Waals surface area contributed by atoms with Gasteiger partial charge in [0.05, 0.1) is 6.61 Å². The Morgan fingerprint density at radius 1 is 1.25 bits per heavy atom. The maximum Gasteiger partial charge on any atom is 0.328 e. The molecule has 1 aromatic rings. The van der Waals surface area contributed by atoms with Crippen molar-refractivity contribution in [3.8, 4) is 5.75 Å². The summed E-state index contributed by atoms with van der Waals surface area (Å²) in [4.78, 5) is 10.5. The molecule has 0 aliphatic rings. The first-order chi connectivity index (χ1) is 9.19. The fraction of sp³-hybridized carbons (Fsp3) is 0.471. The average molecular weight is 276 g/mol. The summed E-state index contributed by atoms with van der Waals surface area (Å²) in [5.74, 6) is -0.0347. The summed E-state index contributed by atoms with van der Waals surface area (Å²) < 4.78 is 5.88. The van der Waals surface area contributed by atoms with Crippen molar-refractivity contribution in [2.75, 3.05) is 6.61 Å². The van der Waals surface area contributed by atoms with E-state index in [0.29, 0.717) is 6.61 Å². The second-order valence-electron chi connectivity index (χ2n) is 6.31. The van der Waals surface area contributed by atoms with Gasteiger partial charge in [-0.25, -0.2) is 4.79 Å². The van der Waals surface area contributed by atoms with Crippen LogP contribution in [0.1, 0.15) is 43.9 Å². The molecule has 0 spiro atoms. The Balaban J connectivity index is 2.81. The Hall–Kier alpha value is -1.77. The molecule has 0 atom stereocenters. The molecule has 0 aromatic heterocycles. The van der Waals surface area contributed by atoms with Crippen molar-refractivity contribution in [1.82, 2.24) is 0 Å². The maximum absolute atomic E-state index is 10.5. The van der Waals surface area contributed by atoms with Crippen molar-refractivity contribution in [3.63, 3.8) is 0 Å². The number of hydrogen-bond acceptors (Lipinski definition) is 2. The topological polar surface area (TPSA) is 46.5 Å². The summed E-state index contributed by atoms with van der Waals surface area (Å²) in [6.07, 6.45) is 3.74. The lowest BCUT2D eigenvalue weighted by Crippen LogP contribution is -2.12. The molecule has 0 saturated carbocycles. The molecule has 3 heteroatoms. The van der Waals surface area contributed by atoms with Gasteiger partial charge in [-0.1, -0.05) is 20.8 Å². The fourth-order valence-electron chi connectivity index (χ4n) is 1.93. The summed E-state index contributed by atoms with van der Waals surface area (Å²) in [7, 11) is 0. The molecule has 1 rings (SSSR count). The van der Waals surface area contributed by atoms with Crippen LogP contribution in [0.3, 0.4) is 0 Å². The van der Waals surface area contributed by atoms with Gasteiger partial charge < -0.3 is 9.84 Å². The predicted octanol–water partition coefficient (Wildman–Crippen LogP) is 4.22. The van der Waals surface area contributed by atoms with Crippen molar-refractivity contribution in [2.24, 2.45) is 5.41 Å². The molecular formula is C17H24O3. The highest BCUT2D eigenvalue weighted by Gasteiger charge is 2.11. The molecule has 110 valence electrons. The zero-order valence-corrected chi connectivity index (χ0v) is 13.0. The predicted molar refractivity (Wildman–Crippen MR) is 82.2 cm³/mol. The SMILES string of the molecule is Cc1cc(C=CC(=O)O)cc(C)c1OCCC(C)(C)C. The first-order valence-electron chi connectivity index (χ1n) is 6.84. The van der Waals surface area contributed by atoms with Gasteiger partial charge in [0.15, 0.2) is 0 Å². The van der Waals surface area contributed by atoms with Gasteiger partial charge in [0.1, 0.15) is 5.75 Å². The minimum absolute atomic E-state index is 0.256. The molecule has 0 bridgehead atoms. The third kappa shape index (κ3) is 5.47. The van der Waals surface area contributed by atoms with Gasteiger partial charge >= 0.3 is 5.97 Å². The Kier molecular flexibility index (Phi) is 5.37. The molecule has 0 aliphatic heterocycles. The minimum Gasteiger partial charge on any atom is -0.493 e. The molecule has 1 N–H and O–H groups in total. The summed E-state index contributed by atoms with van der Waals surface area (Å²) in [6.45, 7) is 11.2. The quantitative estimate of drug-likeness (QED) is 0.819. The number of carbonyl (C=O) groups is 1. The number of ether oxygens (including phenoxy) is 1. The Morgan fingerprint density at radius 2 is 1.80 bits per heavy atom. The van der Waals surface area contributed by atoms with E-state index in [0.717, 1.165) is 34.9 Å². The standard InChI is InChI=1S/C17H24O3/c1-12-10-14(6-7-15(18)19)11-13(2)16(12)20-9-8-17(3,4)5/h6-7,10-11H,8-9H2,1-5H3,(H,18,19). The van der Waals surface area contributed by atoms with Crippen LogP contribution < -0.4 is 4.74 Å². The minimum atomic E-state index is -0.939. The molecule has 20 heavy (non-hydrogen) atoms. The van der Waals surface area contributed by atoms with Crippen LogP contribution in [0.4, 0.5) is 0 Å². The first kappa shape index (κ1) is 16.3. The van der Waals surface area contributed by atoms with Crippen LogP contribution in [0.25, 0.3) is 6.08 Å². The van der Waals surface area contributed by atoms with E-state index < -0.39 is 5.97 Å². The van der Waals surface area contributed by atoms with Gasteiger partial charge in [0.25, 0.3) is 0 Å². The lowest BCUT2D eigenvalue weighted by molar-refractivity contribution is -0.131. The highest BCUT2D eigenvalue weighted by atomic mass is 16.5. The van der Waals surface area contributed by atoms with Crippen LogP contribution in [-0.2, 0) is 4.79 Å². The maximum atomic E-state index is 10.5. The number of benzene rings is 1. The number of rotatable bonds is 5. The summed E-state index contributed by atoms with van der Waals surface area (Å²) in [6, 6.07) is 3.89. The fourth-order valence-corrected chi connectivity index (χ4v) is 1.93. The highest BCUT2D eigenvalue weighted by molar-refractivity contribution is 5.85. The smallest absolute Gasteiger partial charge is 0.328 e. The van der Waals surface area contributed by atoms with Crippen molar-refractivity contribution in [3.05, 3.63) is 34.9 Å². The Bertz CT molecular complexity index is 484. The number of aliphatic carboxylic acids is 1. The molecule has 0 heterocycles. The molecule has 0 amide bonds. The molecule has 0 saturated heterocycles. The number of hydrogen-bond donors (Lipinski definition) is 1. The zero-order chi connectivity index (χ0) is 15.3. The highest BCUT2D eigenvalue weighted by Crippen LogP contribution is 2.27. The van der Waals surface area contributed by atoms with Gasteiger partial charge in [-0.15, -0.1) is 0 Å².